The molecule has 25 heavy (non-hydrogen) atoms. The van der Waals surface area contributed by atoms with E-state index >= 15 is 0 Å². The second-order valence-electron chi connectivity index (χ2n) is 5.70. The Balaban J connectivity index is 1.61. The van der Waals surface area contributed by atoms with Crippen molar-refractivity contribution in [2.75, 3.05) is 18.5 Å². The highest BCUT2D eigenvalue weighted by atomic mass is 16.6. The van der Waals surface area contributed by atoms with Crippen molar-refractivity contribution in [2.45, 2.75) is 18.9 Å². The summed E-state index contributed by atoms with van der Waals surface area (Å²) in [5, 5.41) is 13.7. The zero-order valence-electron chi connectivity index (χ0n) is 13.5. The minimum Gasteiger partial charge on any atom is -0.491 e. The Kier molecular flexibility index (Phi) is 5.25. The SMILES string of the molecule is O=C(Nc1ccc(OCC2CCCO2)cc1)c1ccccc1[N+](=O)[O-]. The van der Waals surface area contributed by atoms with E-state index in [0.717, 1.165) is 19.4 Å². The number of hydrogen-bond acceptors (Lipinski definition) is 5. The second kappa shape index (κ2) is 7.76. The highest BCUT2D eigenvalue weighted by Gasteiger charge is 2.19. The molecule has 0 aromatic heterocycles. The van der Waals surface area contributed by atoms with E-state index < -0.39 is 10.8 Å². The van der Waals surface area contributed by atoms with Crippen LogP contribution in [0, 0.1) is 10.1 Å². The van der Waals surface area contributed by atoms with Crippen molar-refractivity contribution in [3.8, 4) is 5.75 Å². The van der Waals surface area contributed by atoms with Crippen LogP contribution in [0.3, 0.4) is 0 Å². The number of nitro groups is 1. The summed E-state index contributed by atoms with van der Waals surface area (Å²) in [6, 6.07) is 12.7. The molecule has 0 saturated carbocycles. The molecule has 1 saturated heterocycles. The molecule has 1 aliphatic rings. The number of ether oxygens (including phenoxy) is 2. The summed E-state index contributed by atoms with van der Waals surface area (Å²) in [6.45, 7) is 1.28. The van der Waals surface area contributed by atoms with Crippen LogP contribution in [0.4, 0.5) is 11.4 Å². The molecule has 0 bridgehead atoms. The van der Waals surface area contributed by atoms with E-state index in [2.05, 4.69) is 5.32 Å². The van der Waals surface area contributed by atoms with Crippen LogP contribution in [-0.2, 0) is 4.74 Å². The topological polar surface area (TPSA) is 90.7 Å². The molecule has 2 aromatic rings. The molecular weight excluding hydrogens is 324 g/mol. The highest BCUT2D eigenvalue weighted by Crippen LogP contribution is 2.21. The monoisotopic (exact) mass is 342 g/mol. The van der Waals surface area contributed by atoms with E-state index in [1.54, 1.807) is 30.3 Å². The third-order valence-corrected chi connectivity index (χ3v) is 3.92. The first-order valence-electron chi connectivity index (χ1n) is 8.03. The molecule has 1 N–H and O–H groups in total. The van der Waals surface area contributed by atoms with Gasteiger partial charge in [-0.15, -0.1) is 0 Å². The Bertz CT molecular complexity index is 754. The van der Waals surface area contributed by atoms with Gasteiger partial charge in [0.15, 0.2) is 0 Å². The Labute approximate surface area is 144 Å². The Morgan fingerprint density at radius 3 is 2.68 bits per heavy atom. The van der Waals surface area contributed by atoms with Gasteiger partial charge in [0.2, 0.25) is 0 Å². The van der Waals surface area contributed by atoms with Crippen LogP contribution in [0.15, 0.2) is 48.5 Å². The summed E-state index contributed by atoms with van der Waals surface area (Å²) in [5.41, 5.74) is 0.329. The number of nitro benzene ring substituents is 1. The van der Waals surface area contributed by atoms with Crippen LogP contribution in [0.5, 0.6) is 5.75 Å². The van der Waals surface area contributed by atoms with Gasteiger partial charge in [-0.1, -0.05) is 12.1 Å². The zero-order chi connectivity index (χ0) is 17.6. The summed E-state index contributed by atoms with van der Waals surface area (Å²) in [7, 11) is 0. The van der Waals surface area contributed by atoms with Crippen LogP contribution < -0.4 is 10.1 Å². The van der Waals surface area contributed by atoms with Gasteiger partial charge in [0.05, 0.1) is 11.0 Å². The van der Waals surface area contributed by atoms with Crippen molar-refractivity contribution in [2.24, 2.45) is 0 Å². The summed E-state index contributed by atoms with van der Waals surface area (Å²) in [5.74, 6) is 0.152. The molecule has 0 radical (unpaired) electrons. The van der Waals surface area contributed by atoms with Gasteiger partial charge in [0, 0.05) is 18.4 Å². The van der Waals surface area contributed by atoms with Crippen molar-refractivity contribution < 1.29 is 19.2 Å². The summed E-state index contributed by atoms with van der Waals surface area (Å²) in [4.78, 5) is 22.7. The molecular formula is C18H18N2O5. The molecule has 1 unspecified atom stereocenters. The fourth-order valence-corrected chi connectivity index (χ4v) is 2.62. The van der Waals surface area contributed by atoms with Crippen LogP contribution in [-0.4, -0.2) is 30.1 Å². The summed E-state index contributed by atoms with van der Waals surface area (Å²) >= 11 is 0. The average molecular weight is 342 g/mol. The van der Waals surface area contributed by atoms with Crippen molar-refractivity contribution in [1.29, 1.82) is 0 Å². The Morgan fingerprint density at radius 1 is 1.24 bits per heavy atom. The zero-order valence-corrected chi connectivity index (χ0v) is 13.5. The lowest BCUT2D eigenvalue weighted by Crippen LogP contribution is -2.16. The molecule has 1 fully saturated rings. The van der Waals surface area contributed by atoms with Crippen LogP contribution in [0.1, 0.15) is 23.2 Å². The van der Waals surface area contributed by atoms with Crippen LogP contribution in [0.2, 0.25) is 0 Å². The van der Waals surface area contributed by atoms with Crippen molar-refractivity contribution in [1.82, 2.24) is 0 Å². The van der Waals surface area contributed by atoms with E-state index in [9.17, 15) is 14.9 Å². The number of rotatable bonds is 6. The number of nitrogens with one attached hydrogen (secondary N) is 1. The minimum absolute atomic E-state index is 0.0196. The molecule has 1 heterocycles. The number of hydrogen-bond donors (Lipinski definition) is 1. The lowest BCUT2D eigenvalue weighted by molar-refractivity contribution is -0.385. The maximum absolute atomic E-state index is 12.3. The van der Waals surface area contributed by atoms with Crippen molar-refractivity contribution >= 4 is 17.3 Å². The predicted molar refractivity (Wildman–Crippen MR) is 92.0 cm³/mol. The molecule has 3 rings (SSSR count). The van der Waals surface area contributed by atoms with Gasteiger partial charge in [-0.05, 0) is 43.2 Å². The molecule has 130 valence electrons. The van der Waals surface area contributed by atoms with Gasteiger partial charge in [0.25, 0.3) is 11.6 Å². The molecule has 7 heteroatoms. The number of amides is 1. The van der Waals surface area contributed by atoms with Gasteiger partial charge in [-0.2, -0.15) is 0 Å². The van der Waals surface area contributed by atoms with Crippen molar-refractivity contribution in [3.05, 3.63) is 64.2 Å². The van der Waals surface area contributed by atoms with E-state index in [1.807, 2.05) is 0 Å². The van der Waals surface area contributed by atoms with Gasteiger partial charge in [0.1, 0.15) is 17.9 Å². The Hall–Kier alpha value is -2.93. The number of anilines is 1. The minimum atomic E-state index is -0.572. The van der Waals surface area contributed by atoms with Crippen molar-refractivity contribution in [3.63, 3.8) is 0 Å². The fourth-order valence-electron chi connectivity index (χ4n) is 2.62. The van der Waals surface area contributed by atoms with Gasteiger partial charge in [-0.3, -0.25) is 14.9 Å². The third kappa shape index (κ3) is 4.33. The molecule has 1 amide bonds. The highest BCUT2D eigenvalue weighted by molar-refractivity contribution is 6.07. The van der Waals surface area contributed by atoms with Crippen LogP contribution >= 0.6 is 0 Å². The normalized spacial score (nSPS) is 16.4. The lowest BCUT2D eigenvalue weighted by Gasteiger charge is -2.12. The summed E-state index contributed by atoms with van der Waals surface area (Å²) < 4.78 is 11.2. The quantitative estimate of drug-likeness (QED) is 0.642. The largest absolute Gasteiger partial charge is 0.491 e. The molecule has 7 nitrogen and oxygen atoms in total. The molecule has 1 atom stereocenters. The van der Waals surface area contributed by atoms with Crippen LogP contribution in [0.25, 0.3) is 0 Å². The lowest BCUT2D eigenvalue weighted by atomic mass is 10.1. The van der Waals surface area contributed by atoms with Gasteiger partial charge < -0.3 is 14.8 Å². The third-order valence-electron chi connectivity index (χ3n) is 3.92. The first kappa shape index (κ1) is 16.9. The number of nitrogens with zero attached hydrogens (tertiary/aromatic N) is 1. The number of para-hydroxylation sites is 1. The molecule has 2 aromatic carbocycles. The standard InChI is InChI=1S/C18H18N2O5/c21-18(16-5-1-2-6-17(16)20(22)23)19-13-7-9-14(10-8-13)25-12-15-4-3-11-24-15/h1-2,5-10,15H,3-4,11-12H2,(H,19,21). The number of benzene rings is 2. The predicted octanol–water partition coefficient (Wildman–Crippen LogP) is 3.40. The molecule has 1 aliphatic heterocycles. The summed E-state index contributed by atoms with van der Waals surface area (Å²) in [6.07, 6.45) is 2.20. The maximum atomic E-state index is 12.3. The smallest absolute Gasteiger partial charge is 0.282 e. The second-order valence-corrected chi connectivity index (χ2v) is 5.70. The van der Waals surface area contributed by atoms with Gasteiger partial charge >= 0.3 is 0 Å². The Morgan fingerprint density at radius 2 is 2.00 bits per heavy atom. The van der Waals surface area contributed by atoms with E-state index in [0.29, 0.717) is 18.0 Å². The molecule has 0 spiro atoms. The van der Waals surface area contributed by atoms with E-state index in [4.69, 9.17) is 9.47 Å². The number of carbonyl (C=O) groups is 1. The maximum Gasteiger partial charge on any atom is 0.282 e. The van der Waals surface area contributed by atoms with Gasteiger partial charge in [-0.25, -0.2) is 0 Å². The molecule has 0 aliphatic carbocycles. The van der Waals surface area contributed by atoms with E-state index in [-0.39, 0.29) is 17.4 Å². The fraction of sp³-hybridized carbons (Fsp3) is 0.278. The first-order chi connectivity index (χ1) is 12.1. The number of carbonyl (C=O) groups excluding carboxylic acids is 1. The van der Waals surface area contributed by atoms with E-state index in [1.165, 1.54) is 18.2 Å². The first-order valence-corrected chi connectivity index (χ1v) is 8.03. The average Bonchev–Trinajstić information content (AvgIpc) is 3.14.